The molecule has 112 valence electrons. The molecule has 1 N–H and O–H groups in total. The molecule has 2 atom stereocenters. The Kier molecular flexibility index (Phi) is 6.08. The predicted molar refractivity (Wildman–Crippen MR) is 77.3 cm³/mol. The molecule has 0 radical (unpaired) electrons. The SMILES string of the molecule is CCOc1ncccc1OCC(CC)[C@H]1CNCCO1. The molecule has 1 aromatic heterocycles. The topological polar surface area (TPSA) is 52.6 Å². The molecule has 1 aromatic rings. The van der Waals surface area contributed by atoms with Crippen LogP contribution in [0.15, 0.2) is 18.3 Å². The van der Waals surface area contributed by atoms with Crippen LogP contribution in [0.4, 0.5) is 0 Å². The van der Waals surface area contributed by atoms with Crippen LogP contribution in [-0.2, 0) is 4.74 Å². The summed E-state index contributed by atoms with van der Waals surface area (Å²) in [4.78, 5) is 4.19. The van der Waals surface area contributed by atoms with E-state index in [9.17, 15) is 0 Å². The van der Waals surface area contributed by atoms with Crippen LogP contribution in [0, 0.1) is 5.92 Å². The first-order valence-electron chi connectivity index (χ1n) is 7.38. The minimum absolute atomic E-state index is 0.223. The molecular formula is C15H24N2O3. The van der Waals surface area contributed by atoms with Gasteiger partial charge in [0, 0.05) is 25.2 Å². The fourth-order valence-electron chi connectivity index (χ4n) is 2.30. The molecule has 0 aromatic carbocycles. The van der Waals surface area contributed by atoms with Crippen molar-refractivity contribution in [3.05, 3.63) is 18.3 Å². The number of hydrogen-bond donors (Lipinski definition) is 1. The summed E-state index contributed by atoms with van der Waals surface area (Å²) in [5.74, 6) is 1.64. The minimum Gasteiger partial charge on any atom is -0.488 e. The second-order valence-corrected chi connectivity index (χ2v) is 4.83. The first-order chi connectivity index (χ1) is 9.85. The number of nitrogens with one attached hydrogen (secondary N) is 1. The van der Waals surface area contributed by atoms with Crippen LogP contribution < -0.4 is 14.8 Å². The van der Waals surface area contributed by atoms with Crippen LogP contribution in [-0.4, -0.2) is 44.0 Å². The van der Waals surface area contributed by atoms with E-state index in [1.165, 1.54) is 0 Å². The minimum atomic E-state index is 0.223. The monoisotopic (exact) mass is 280 g/mol. The van der Waals surface area contributed by atoms with E-state index in [-0.39, 0.29) is 6.10 Å². The van der Waals surface area contributed by atoms with Gasteiger partial charge < -0.3 is 19.5 Å². The lowest BCUT2D eigenvalue weighted by atomic mass is 9.99. The van der Waals surface area contributed by atoms with E-state index in [0.717, 1.165) is 26.1 Å². The molecule has 1 aliphatic heterocycles. The third kappa shape index (κ3) is 4.08. The zero-order valence-corrected chi connectivity index (χ0v) is 12.3. The van der Waals surface area contributed by atoms with Gasteiger partial charge in [0.2, 0.25) is 0 Å². The molecule has 5 heteroatoms. The number of aromatic nitrogens is 1. The molecule has 0 aliphatic carbocycles. The third-order valence-electron chi connectivity index (χ3n) is 3.48. The van der Waals surface area contributed by atoms with E-state index in [2.05, 4.69) is 17.2 Å². The van der Waals surface area contributed by atoms with E-state index < -0.39 is 0 Å². The highest BCUT2D eigenvalue weighted by Gasteiger charge is 2.24. The average Bonchev–Trinajstić information content (AvgIpc) is 2.51. The summed E-state index contributed by atoms with van der Waals surface area (Å²) in [5.41, 5.74) is 0. The highest BCUT2D eigenvalue weighted by molar-refractivity contribution is 5.32. The van der Waals surface area contributed by atoms with Crippen molar-refractivity contribution in [3.8, 4) is 11.6 Å². The van der Waals surface area contributed by atoms with Crippen molar-refractivity contribution in [1.82, 2.24) is 10.3 Å². The maximum Gasteiger partial charge on any atom is 0.256 e. The molecule has 1 saturated heterocycles. The summed E-state index contributed by atoms with van der Waals surface area (Å²) in [7, 11) is 0. The van der Waals surface area contributed by atoms with Crippen molar-refractivity contribution in [2.45, 2.75) is 26.4 Å². The number of morpholine rings is 1. The maximum atomic E-state index is 5.90. The average molecular weight is 280 g/mol. The van der Waals surface area contributed by atoms with Gasteiger partial charge in [-0.3, -0.25) is 0 Å². The number of ether oxygens (including phenoxy) is 3. The summed E-state index contributed by atoms with van der Waals surface area (Å²) in [6.45, 7) is 7.92. The Morgan fingerprint density at radius 1 is 1.45 bits per heavy atom. The van der Waals surface area contributed by atoms with Crippen LogP contribution in [0.3, 0.4) is 0 Å². The molecule has 0 amide bonds. The fourth-order valence-corrected chi connectivity index (χ4v) is 2.30. The molecule has 2 heterocycles. The van der Waals surface area contributed by atoms with Crippen molar-refractivity contribution < 1.29 is 14.2 Å². The van der Waals surface area contributed by atoms with E-state index >= 15 is 0 Å². The standard InChI is InChI=1S/C15H24N2O3/c1-3-12(14-10-16-8-9-19-14)11-20-13-6-5-7-17-15(13)18-4-2/h5-7,12,14,16H,3-4,8-11H2,1-2H3/t12?,14-/m1/s1. The van der Waals surface area contributed by atoms with Crippen LogP contribution >= 0.6 is 0 Å². The van der Waals surface area contributed by atoms with Gasteiger partial charge in [0.05, 0.1) is 25.9 Å². The van der Waals surface area contributed by atoms with Gasteiger partial charge in [-0.25, -0.2) is 4.98 Å². The number of nitrogens with zero attached hydrogens (tertiary/aromatic N) is 1. The summed E-state index contributed by atoms with van der Waals surface area (Å²) in [6.07, 6.45) is 2.96. The van der Waals surface area contributed by atoms with Gasteiger partial charge >= 0.3 is 0 Å². The molecule has 2 rings (SSSR count). The second kappa shape index (κ2) is 8.07. The first kappa shape index (κ1) is 15.1. The molecule has 5 nitrogen and oxygen atoms in total. The number of pyridine rings is 1. The van der Waals surface area contributed by atoms with Crippen LogP contribution in [0.1, 0.15) is 20.3 Å². The Morgan fingerprint density at radius 2 is 2.35 bits per heavy atom. The molecule has 0 spiro atoms. The van der Waals surface area contributed by atoms with E-state index in [1.807, 2.05) is 19.1 Å². The van der Waals surface area contributed by atoms with Crippen molar-refractivity contribution in [2.24, 2.45) is 5.92 Å². The van der Waals surface area contributed by atoms with Crippen LogP contribution in [0.25, 0.3) is 0 Å². The lowest BCUT2D eigenvalue weighted by Gasteiger charge is -2.30. The normalized spacial score (nSPS) is 20.4. The van der Waals surface area contributed by atoms with Gasteiger partial charge in [-0.1, -0.05) is 6.92 Å². The predicted octanol–water partition coefficient (Wildman–Crippen LogP) is 1.87. The molecule has 1 unspecified atom stereocenters. The first-order valence-corrected chi connectivity index (χ1v) is 7.38. The van der Waals surface area contributed by atoms with Crippen molar-refractivity contribution in [3.63, 3.8) is 0 Å². The van der Waals surface area contributed by atoms with Crippen molar-refractivity contribution in [1.29, 1.82) is 0 Å². The number of rotatable bonds is 7. The Hall–Kier alpha value is -1.33. The van der Waals surface area contributed by atoms with Crippen molar-refractivity contribution >= 4 is 0 Å². The Balaban J connectivity index is 1.92. The zero-order chi connectivity index (χ0) is 14.2. The van der Waals surface area contributed by atoms with Gasteiger partial charge in [-0.05, 0) is 25.5 Å². The summed E-state index contributed by atoms with van der Waals surface area (Å²) in [5, 5.41) is 3.36. The zero-order valence-electron chi connectivity index (χ0n) is 12.3. The fraction of sp³-hybridized carbons (Fsp3) is 0.667. The van der Waals surface area contributed by atoms with E-state index in [1.54, 1.807) is 6.20 Å². The second-order valence-electron chi connectivity index (χ2n) is 4.83. The highest BCUT2D eigenvalue weighted by atomic mass is 16.5. The van der Waals surface area contributed by atoms with E-state index in [0.29, 0.717) is 30.8 Å². The molecule has 0 bridgehead atoms. The summed E-state index contributed by atoms with van der Waals surface area (Å²) in [6, 6.07) is 3.75. The van der Waals surface area contributed by atoms with Gasteiger partial charge in [0.25, 0.3) is 5.88 Å². The van der Waals surface area contributed by atoms with Crippen LogP contribution in [0.5, 0.6) is 11.6 Å². The van der Waals surface area contributed by atoms with Gasteiger partial charge in [-0.2, -0.15) is 0 Å². The third-order valence-corrected chi connectivity index (χ3v) is 3.48. The molecule has 0 saturated carbocycles. The summed E-state index contributed by atoms with van der Waals surface area (Å²) >= 11 is 0. The van der Waals surface area contributed by atoms with Gasteiger partial charge in [-0.15, -0.1) is 0 Å². The van der Waals surface area contributed by atoms with E-state index in [4.69, 9.17) is 14.2 Å². The Labute approximate surface area is 120 Å². The van der Waals surface area contributed by atoms with Gasteiger partial charge in [0.1, 0.15) is 0 Å². The molecule has 20 heavy (non-hydrogen) atoms. The highest BCUT2D eigenvalue weighted by Crippen LogP contribution is 2.25. The van der Waals surface area contributed by atoms with Crippen LogP contribution in [0.2, 0.25) is 0 Å². The Bertz CT molecular complexity index is 394. The lowest BCUT2D eigenvalue weighted by molar-refractivity contribution is -0.0228. The largest absolute Gasteiger partial charge is 0.488 e. The smallest absolute Gasteiger partial charge is 0.256 e. The number of hydrogen-bond acceptors (Lipinski definition) is 5. The molecular weight excluding hydrogens is 256 g/mol. The molecule has 1 aliphatic rings. The summed E-state index contributed by atoms with van der Waals surface area (Å²) < 4.78 is 17.2. The quantitative estimate of drug-likeness (QED) is 0.826. The maximum absolute atomic E-state index is 5.90. The lowest BCUT2D eigenvalue weighted by Crippen LogP contribution is -2.44. The van der Waals surface area contributed by atoms with Crippen molar-refractivity contribution in [2.75, 3.05) is 32.9 Å². The van der Waals surface area contributed by atoms with Gasteiger partial charge in [0.15, 0.2) is 5.75 Å². The Morgan fingerprint density at radius 3 is 3.05 bits per heavy atom. The molecule has 1 fully saturated rings.